The zero-order valence-electron chi connectivity index (χ0n) is 14.8. The fourth-order valence-corrected chi connectivity index (χ4v) is 4.82. The van der Waals surface area contributed by atoms with E-state index in [0.29, 0.717) is 16.4 Å². The van der Waals surface area contributed by atoms with E-state index in [9.17, 15) is 8.42 Å². The van der Waals surface area contributed by atoms with Gasteiger partial charge in [0.2, 0.25) is 0 Å². The first-order chi connectivity index (χ1) is 13.4. The molecular formula is C20H16ClN3O2S2. The van der Waals surface area contributed by atoms with Crippen molar-refractivity contribution in [2.75, 3.05) is 4.83 Å². The minimum absolute atomic E-state index is 0.174. The van der Waals surface area contributed by atoms with E-state index < -0.39 is 10.0 Å². The fourth-order valence-electron chi connectivity index (χ4n) is 2.78. The average molecular weight is 430 g/mol. The third-order valence-electron chi connectivity index (χ3n) is 4.20. The van der Waals surface area contributed by atoms with Crippen LogP contribution in [0.25, 0.3) is 21.8 Å². The van der Waals surface area contributed by atoms with Gasteiger partial charge in [-0.05, 0) is 54.3 Å². The molecule has 2 heterocycles. The summed E-state index contributed by atoms with van der Waals surface area (Å²) >= 11 is 7.51. The van der Waals surface area contributed by atoms with Crippen LogP contribution in [-0.4, -0.2) is 18.3 Å². The number of nitrogens with zero attached hydrogens (tertiary/aromatic N) is 2. The van der Waals surface area contributed by atoms with Crippen LogP contribution in [0.4, 0.5) is 0 Å². The molecule has 0 radical (unpaired) electrons. The zero-order chi connectivity index (χ0) is 19.7. The summed E-state index contributed by atoms with van der Waals surface area (Å²) in [5, 5.41) is 7.10. The Bertz CT molecular complexity index is 1210. The molecule has 0 fully saturated rings. The Labute approximate surface area is 172 Å². The molecule has 0 saturated carbocycles. The summed E-state index contributed by atoms with van der Waals surface area (Å²) < 4.78 is 25.6. The van der Waals surface area contributed by atoms with Gasteiger partial charge in [0.05, 0.1) is 15.5 Å². The number of thiophene rings is 1. The molecule has 0 saturated heterocycles. The highest BCUT2D eigenvalue weighted by Crippen LogP contribution is 2.32. The summed E-state index contributed by atoms with van der Waals surface area (Å²) in [5.41, 5.74) is 3.22. The molecule has 0 aliphatic heterocycles. The first-order valence-corrected chi connectivity index (χ1v) is 11.2. The summed E-state index contributed by atoms with van der Waals surface area (Å²) in [7, 11) is -3.78. The Morgan fingerprint density at radius 2 is 1.75 bits per heavy atom. The molecule has 0 aliphatic carbocycles. The van der Waals surface area contributed by atoms with Crippen LogP contribution in [0.2, 0.25) is 5.02 Å². The van der Waals surface area contributed by atoms with Crippen molar-refractivity contribution < 1.29 is 8.42 Å². The summed E-state index contributed by atoms with van der Waals surface area (Å²) in [6.45, 7) is 1.98. The summed E-state index contributed by atoms with van der Waals surface area (Å²) in [5.74, 6) is 0. The van der Waals surface area contributed by atoms with Gasteiger partial charge in [-0.2, -0.15) is 23.1 Å². The van der Waals surface area contributed by atoms with Crippen LogP contribution in [0.15, 0.2) is 77.0 Å². The molecule has 4 aromatic rings. The van der Waals surface area contributed by atoms with Crippen molar-refractivity contribution in [3.05, 3.63) is 82.7 Å². The van der Waals surface area contributed by atoms with Crippen molar-refractivity contribution in [2.45, 2.75) is 11.8 Å². The highest BCUT2D eigenvalue weighted by atomic mass is 35.5. The number of benzene rings is 2. The van der Waals surface area contributed by atoms with Crippen molar-refractivity contribution in [1.82, 2.24) is 9.89 Å². The summed E-state index contributed by atoms with van der Waals surface area (Å²) in [6, 6.07) is 19.3. The van der Waals surface area contributed by atoms with Crippen LogP contribution in [0.3, 0.4) is 0 Å². The van der Waals surface area contributed by atoms with E-state index in [1.54, 1.807) is 42.5 Å². The van der Waals surface area contributed by atoms with E-state index >= 15 is 0 Å². The van der Waals surface area contributed by atoms with Gasteiger partial charge in [-0.3, -0.25) is 0 Å². The Balaban J connectivity index is 1.81. The van der Waals surface area contributed by atoms with Crippen LogP contribution < -0.4 is 4.83 Å². The minimum atomic E-state index is -3.78. The van der Waals surface area contributed by atoms with Crippen molar-refractivity contribution in [2.24, 2.45) is 0 Å². The number of rotatable bonds is 5. The normalized spacial score (nSPS) is 11.5. The SMILES string of the molecule is Cc1ccsc1-c1cc(-c2ccc(Cl)cc2)nn1NS(=O)(=O)c1ccccc1. The number of sulfonamides is 1. The third kappa shape index (κ3) is 3.69. The Morgan fingerprint density at radius 3 is 2.39 bits per heavy atom. The van der Waals surface area contributed by atoms with Crippen LogP contribution in [-0.2, 0) is 10.0 Å². The molecule has 2 aromatic heterocycles. The lowest BCUT2D eigenvalue weighted by molar-refractivity contribution is 0.592. The monoisotopic (exact) mass is 429 g/mol. The number of hydrogen-bond acceptors (Lipinski definition) is 4. The van der Waals surface area contributed by atoms with Crippen molar-refractivity contribution >= 4 is 33.0 Å². The standard InChI is InChI=1S/C20H16ClN3O2S2/c1-14-11-12-27-20(14)19-13-18(15-7-9-16(21)10-8-15)22-24(19)23-28(25,26)17-5-3-2-4-6-17/h2-13,23H,1H3. The second-order valence-electron chi connectivity index (χ2n) is 6.17. The molecule has 4 rings (SSSR count). The summed E-state index contributed by atoms with van der Waals surface area (Å²) in [6.07, 6.45) is 0. The van der Waals surface area contributed by atoms with E-state index in [1.165, 1.54) is 16.1 Å². The molecule has 2 aromatic carbocycles. The van der Waals surface area contributed by atoms with E-state index in [4.69, 9.17) is 11.6 Å². The molecule has 1 N–H and O–H groups in total. The molecule has 8 heteroatoms. The molecule has 0 atom stereocenters. The van der Waals surface area contributed by atoms with Crippen molar-refractivity contribution in [1.29, 1.82) is 0 Å². The molecule has 142 valence electrons. The van der Waals surface area contributed by atoms with E-state index in [1.807, 2.05) is 36.6 Å². The number of aromatic nitrogens is 2. The number of hydrogen-bond donors (Lipinski definition) is 1. The van der Waals surface area contributed by atoms with Crippen molar-refractivity contribution in [3.63, 3.8) is 0 Å². The molecule has 5 nitrogen and oxygen atoms in total. The molecule has 0 bridgehead atoms. The number of aryl methyl sites for hydroxylation is 1. The molecule has 0 unspecified atom stereocenters. The van der Waals surface area contributed by atoms with Gasteiger partial charge in [0, 0.05) is 10.6 Å². The van der Waals surface area contributed by atoms with Gasteiger partial charge in [0.25, 0.3) is 10.0 Å². The van der Waals surface area contributed by atoms with Gasteiger partial charge >= 0.3 is 0 Å². The lowest BCUT2D eigenvalue weighted by atomic mass is 10.1. The van der Waals surface area contributed by atoms with Gasteiger partial charge < -0.3 is 0 Å². The Morgan fingerprint density at radius 1 is 1.04 bits per heavy atom. The predicted octanol–water partition coefficient (Wildman–Crippen LogP) is 5.17. The maximum Gasteiger partial charge on any atom is 0.276 e. The second kappa shape index (κ2) is 7.43. The largest absolute Gasteiger partial charge is 0.276 e. The molecular weight excluding hydrogens is 414 g/mol. The van der Waals surface area contributed by atoms with Gasteiger partial charge in [0.15, 0.2) is 0 Å². The lowest BCUT2D eigenvalue weighted by Gasteiger charge is -2.10. The second-order valence-corrected chi connectivity index (χ2v) is 9.19. The Hall–Kier alpha value is -2.61. The quantitative estimate of drug-likeness (QED) is 0.475. The Kier molecular flexibility index (Phi) is 4.97. The maximum absolute atomic E-state index is 12.8. The predicted molar refractivity (Wildman–Crippen MR) is 114 cm³/mol. The smallest absolute Gasteiger partial charge is 0.200 e. The van der Waals surface area contributed by atoms with E-state index in [0.717, 1.165) is 16.0 Å². The van der Waals surface area contributed by atoms with Crippen LogP contribution >= 0.6 is 22.9 Å². The first-order valence-electron chi connectivity index (χ1n) is 8.42. The lowest BCUT2D eigenvalue weighted by Crippen LogP contribution is -2.25. The summed E-state index contributed by atoms with van der Waals surface area (Å²) in [4.78, 5) is 5.02. The van der Waals surface area contributed by atoms with Crippen molar-refractivity contribution in [3.8, 4) is 21.8 Å². The first kappa shape index (κ1) is 18.7. The van der Waals surface area contributed by atoms with Gasteiger partial charge in [-0.25, -0.2) is 0 Å². The molecule has 0 amide bonds. The molecule has 28 heavy (non-hydrogen) atoms. The highest BCUT2D eigenvalue weighted by Gasteiger charge is 2.20. The van der Waals surface area contributed by atoms with Crippen LogP contribution in [0.1, 0.15) is 5.56 Å². The van der Waals surface area contributed by atoms with E-state index in [-0.39, 0.29) is 4.90 Å². The molecule has 0 spiro atoms. The fraction of sp³-hybridized carbons (Fsp3) is 0.0500. The highest BCUT2D eigenvalue weighted by molar-refractivity contribution is 7.92. The molecule has 0 aliphatic rings. The van der Waals surface area contributed by atoms with Crippen LogP contribution in [0.5, 0.6) is 0 Å². The van der Waals surface area contributed by atoms with Gasteiger partial charge in [-0.15, -0.1) is 11.3 Å². The maximum atomic E-state index is 12.8. The minimum Gasteiger partial charge on any atom is -0.200 e. The number of halogens is 1. The third-order valence-corrected chi connectivity index (χ3v) is 6.80. The topological polar surface area (TPSA) is 64.0 Å². The van der Waals surface area contributed by atoms with E-state index in [2.05, 4.69) is 9.93 Å². The van der Waals surface area contributed by atoms with Gasteiger partial charge in [0.1, 0.15) is 5.69 Å². The average Bonchev–Trinajstić information content (AvgIpc) is 3.28. The number of nitrogens with one attached hydrogen (secondary N) is 1. The van der Waals surface area contributed by atoms with Gasteiger partial charge in [-0.1, -0.05) is 41.9 Å². The zero-order valence-corrected chi connectivity index (χ0v) is 17.2. The van der Waals surface area contributed by atoms with Crippen LogP contribution in [0, 0.1) is 6.92 Å².